The summed E-state index contributed by atoms with van der Waals surface area (Å²) in [5.41, 5.74) is 0.747. The summed E-state index contributed by atoms with van der Waals surface area (Å²) in [6.45, 7) is 5.10. The van der Waals surface area contributed by atoms with Gasteiger partial charge in [-0.15, -0.1) is 0 Å². The largest absolute Gasteiger partial charge is 0.352 e. The second-order valence-electron chi connectivity index (χ2n) is 7.93. The fourth-order valence-electron chi connectivity index (χ4n) is 3.68. The number of halogens is 2. The summed E-state index contributed by atoms with van der Waals surface area (Å²) >= 11 is 0. The predicted molar refractivity (Wildman–Crippen MR) is 102 cm³/mol. The van der Waals surface area contributed by atoms with Crippen LogP contribution in [-0.2, 0) is 25.4 Å². The number of aryl methyl sites for hydroxylation is 1. The molecular formula is C22H32F2O4. The van der Waals surface area contributed by atoms with Gasteiger partial charge in [0, 0.05) is 18.3 Å². The maximum Gasteiger partial charge on any atom is 0.159 e. The smallest absolute Gasteiger partial charge is 0.159 e. The van der Waals surface area contributed by atoms with E-state index in [9.17, 15) is 8.78 Å². The summed E-state index contributed by atoms with van der Waals surface area (Å²) in [7, 11) is 0. The van der Waals surface area contributed by atoms with Gasteiger partial charge in [-0.1, -0.05) is 25.8 Å². The van der Waals surface area contributed by atoms with Crippen molar-refractivity contribution < 1.29 is 27.7 Å². The normalized spacial score (nSPS) is 28.4. The molecule has 1 aromatic rings. The van der Waals surface area contributed by atoms with Gasteiger partial charge in [-0.25, -0.2) is 8.78 Å². The Hall–Kier alpha value is -1.08. The average molecular weight is 398 g/mol. The van der Waals surface area contributed by atoms with Crippen LogP contribution in [0, 0.1) is 23.5 Å². The zero-order valence-corrected chi connectivity index (χ0v) is 16.7. The Kier molecular flexibility index (Phi) is 8.65. The lowest BCUT2D eigenvalue weighted by Gasteiger charge is -2.32. The highest BCUT2D eigenvalue weighted by atomic mass is 19.2. The fourth-order valence-corrected chi connectivity index (χ4v) is 3.68. The Labute approximate surface area is 166 Å². The van der Waals surface area contributed by atoms with Crippen molar-refractivity contribution >= 4 is 0 Å². The minimum Gasteiger partial charge on any atom is -0.352 e. The molecule has 0 aromatic heterocycles. The Balaban J connectivity index is 1.28. The van der Waals surface area contributed by atoms with Gasteiger partial charge in [-0.2, -0.15) is 0 Å². The molecule has 0 N–H and O–H groups in total. The van der Waals surface area contributed by atoms with Crippen LogP contribution in [0.2, 0.25) is 0 Å². The van der Waals surface area contributed by atoms with Crippen LogP contribution in [0.5, 0.6) is 0 Å². The van der Waals surface area contributed by atoms with E-state index in [1.54, 1.807) is 6.07 Å². The van der Waals surface area contributed by atoms with Gasteiger partial charge in [0.25, 0.3) is 0 Å². The topological polar surface area (TPSA) is 36.9 Å². The molecule has 158 valence electrons. The lowest BCUT2D eigenvalue weighted by molar-refractivity contribution is -0.219. The minimum atomic E-state index is -0.820. The predicted octanol–water partition coefficient (Wildman–Crippen LogP) is 4.85. The van der Waals surface area contributed by atoms with Crippen molar-refractivity contribution in [2.24, 2.45) is 11.8 Å². The van der Waals surface area contributed by atoms with Crippen LogP contribution in [0.15, 0.2) is 18.2 Å². The van der Waals surface area contributed by atoms with E-state index in [1.165, 1.54) is 25.3 Å². The van der Waals surface area contributed by atoms with Crippen LogP contribution < -0.4 is 0 Å². The zero-order valence-electron chi connectivity index (χ0n) is 16.7. The molecule has 0 spiro atoms. The van der Waals surface area contributed by atoms with Crippen molar-refractivity contribution in [3.63, 3.8) is 0 Å². The number of ether oxygens (including phenoxy) is 4. The number of hydrogen-bond donors (Lipinski definition) is 0. The van der Waals surface area contributed by atoms with Crippen molar-refractivity contribution in [1.29, 1.82) is 0 Å². The quantitative estimate of drug-likeness (QED) is 0.596. The van der Waals surface area contributed by atoms with Gasteiger partial charge in [-0.05, 0) is 43.4 Å². The van der Waals surface area contributed by atoms with Gasteiger partial charge < -0.3 is 18.9 Å². The maximum absolute atomic E-state index is 13.3. The average Bonchev–Trinajstić information content (AvgIpc) is 2.73. The molecule has 2 fully saturated rings. The molecule has 28 heavy (non-hydrogen) atoms. The van der Waals surface area contributed by atoms with E-state index in [1.807, 2.05) is 0 Å². The highest BCUT2D eigenvalue weighted by Gasteiger charge is 2.26. The molecule has 4 nitrogen and oxygen atoms in total. The molecule has 3 rings (SSSR count). The van der Waals surface area contributed by atoms with Crippen LogP contribution in [0.1, 0.15) is 51.0 Å². The van der Waals surface area contributed by atoms with E-state index < -0.39 is 11.6 Å². The third-order valence-electron chi connectivity index (χ3n) is 5.50. The Morgan fingerprint density at radius 2 is 1.39 bits per heavy atom. The van der Waals surface area contributed by atoms with Crippen molar-refractivity contribution in [2.45, 2.75) is 64.4 Å². The van der Waals surface area contributed by atoms with Crippen LogP contribution in [0.25, 0.3) is 0 Å². The van der Waals surface area contributed by atoms with Crippen molar-refractivity contribution in [2.75, 3.05) is 26.4 Å². The molecule has 2 saturated heterocycles. The number of benzene rings is 1. The molecule has 0 radical (unpaired) electrons. The lowest BCUT2D eigenvalue weighted by Crippen LogP contribution is -2.35. The summed E-state index contributed by atoms with van der Waals surface area (Å²) in [6, 6.07) is 3.99. The Bertz CT molecular complexity index is 582. The van der Waals surface area contributed by atoms with Gasteiger partial charge in [0.1, 0.15) is 0 Å². The summed E-state index contributed by atoms with van der Waals surface area (Å²) in [5.74, 6) is -0.761. The number of unbranched alkanes of at least 4 members (excludes halogenated alkanes) is 1. The van der Waals surface area contributed by atoms with E-state index in [4.69, 9.17) is 18.9 Å². The lowest BCUT2D eigenvalue weighted by atomic mass is 10.0. The summed E-state index contributed by atoms with van der Waals surface area (Å²) in [6.07, 6.45) is 6.26. The first-order valence-corrected chi connectivity index (χ1v) is 10.5. The molecule has 0 aliphatic carbocycles. The molecule has 0 saturated carbocycles. The van der Waals surface area contributed by atoms with E-state index >= 15 is 0 Å². The van der Waals surface area contributed by atoms with Gasteiger partial charge in [0.2, 0.25) is 0 Å². The van der Waals surface area contributed by atoms with Crippen molar-refractivity contribution in [3.05, 3.63) is 35.4 Å². The van der Waals surface area contributed by atoms with Gasteiger partial charge in [-0.3, -0.25) is 0 Å². The highest BCUT2D eigenvalue weighted by molar-refractivity contribution is 5.17. The first-order valence-electron chi connectivity index (χ1n) is 10.5. The molecule has 0 unspecified atom stereocenters. The van der Waals surface area contributed by atoms with E-state index in [0.29, 0.717) is 37.9 Å². The van der Waals surface area contributed by atoms with Gasteiger partial charge in [0.05, 0.1) is 26.4 Å². The monoisotopic (exact) mass is 398 g/mol. The molecule has 2 heterocycles. The van der Waals surface area contributed by atoms with Crippen LogP contribution in [0.4, 0.5) is 8.78 Å². The summed E-state index contributed by atoms with van der Waals surface area (Å²) in [4.78, 5) is 0. The number of hydrogen-bond acceptors (Lipinski definition) is 4. The third-order valence-corrected chi connectivity index (χ3v) is 5.50. The molecule has 1 aromatic carbocycles. The van der Waals surface area contributed by atoms with E-state index in [2.05, 4.69) is 6.92 Å². The van der Waals surface area contributed by atoms with Crippen LogP contribution in [0.3, 0.4) is 0 Å². The molecule has 0 bridgehead atoms. The Morgan fingerprint density at radius 3 is 2.00 bits per heavy atom. The third kappa shape index (κ3) is 6.76. The van der Waals surface area contributed by atoms with E-state index in [0.717, 1.165) is 37.7 Å². The SMILES string of the molecule is CCCCC1COC(CCC2COC(CCc3ccc(F)c(F)c3)OC2)OC1. The van der Waals surface area contributed by atoms with Crippen LogP contribution in [-0.4, -0.2) is 39.0 Å². The summed E-state index contributed by atoms with van der Waals surface area (Å²) < 4.78 is 49.5. The zero-order chi connectivity index (χ0) is 19.8. The minimum absolute atomic E-state index is 0.107. The van der Waals surface area contributed by atoms with Crippen LogP contribution >= 0.6 is 0 Å². The van der Waals surface area contributed by atoms with Gasteiger partial charge >= 0.3 is 0 Å². The standard InChI is InChI=1S/C22H32F2O4/c1-2-3-4-17-12-25-22(26-13-17)10-7-18-14-27-21(28-15-18)9-6-16-5-8-19(23)20(24)11-16/h5,8,11,17-18,21-22H,2-4,6-7,9-10,12-15H2,1H3. The second-order valence-corrected chi connectivity index (χ2v) is 7.93. The van der Waals surface area contributed by atoms with Gasteiger partial charge in [0.15, 0.2) is 24.2 Å². The fraction of sp³-hybridized carbons (Fsp3) is 0.727. The number of rotatable bonds is 9. The molecule has 0 atom stereocenters. The molecular weight excluding hydrogens is 366 g/mol. The summed E-state index contributed by atoms with van der Waals surface area (Å²) in [5, 5.41) is 0. The van der Waals surface area contributed by atoms with E-state index in [-0.39, 0.29) is 12.6 Å². The van der Waals surface area contributed by atoms with Crippen molar-refractivity contribution in [1.82, 2.24) is 0 Å². The maximum atomic E-state index is 13.3. The molecule has 2 aliphatic rings. The molecule has 2 aliphatic heterocycles. The second kappa shape index (κ2) is 11.2. The Morgan fingerprint density at radius 1 is 0.786 bits per heavy atom. The first kappa shape index (κ1) is 21.6. The molecule has 6 heteroatoms. The highest BCUT2D eigenvalue weighted by Crippen LogP contribution is 2.24. The van der Waals surface area contributed by atoms with Crippen molar-refractivity contribution in [3.8, 4) is 0 Å². The first-order chi connectivity index (χ1) is 13.6. The molecule has 0 amide bonds.